The number of hydrogen-bond donors (Lipinski definition) is 2. The number of nitrogens with zero attached hydrogens (tertiary/aromatic N) is 3. The average molecular weight is 499 g/mol. The van der Waals surface area contributed by atoms with Crippen molar-refractivity contribution in [2.45, 2.75) is 12.7 Å². The molecule has 2 aromatic heterocycles. The van der Waals surface area contributed by atoms with E-state index < -0.39 is 29.0 Å². The van der Waals surface area contributed by atoms with Crippen LogP contribution in [0.25, 0.3) is 22.4 Å². The van der Waals surface area contributed by atoms with Crippen molar-refractivity contribution >= 4 is 22.8 Å². The normalized spacial score (nSPS) is 14.8. The number of ether oxygens (including phenoxy) is 1. The van der Waals surface area contributed by atoms with Gasteiger partial charge >= 0.3 is 6.18 Å². The van der Waals surface area contributed by atoms with E-state index in [0.717, 1.165) is 30.9 Å². The van der Waals surface area contributed by atoms with Gasteiger partial charge in [-0.3, -0.25) is 9.69 Å². The highest BCUT2D eigenvalue weighted by Crippen LogP contribution is 2.37. The van der Waals surface area contributed by atoms with Crippen molar-refractivity contribution in [2.24, 2.45) is 0 Å². The number of fused-ring (bicyclic) bond motifs is 1. The molecular formula is C25H21F4N5O2. The van der Waals surface area contributed by atoms with Gasteiger partial charge in [0, 0.05) is 25.2 Å². The quantitative estimate of drug-likeness (QED) is 0.383. The topological polar surface area (TPSA) is 83.1 Å². The second-order valence-electron chi connectivity index (χ2n) is 8.33. The van der Waals surface area contributed by atoms with Crippen LogP contribution < -0.4 is 5.32 Å². The second-order valence-corrected chi connectivity index (χ2v) is 8.33. The molecule has 1 amide bonds. The zero-order chi connectivity index (χ0) is 25.3. The summed E-state index contributed by atoms with van der Waals surface area (Å²) < 4.78 is 59.7. The van der Waals surface area contributed by atoms with Crippen LogP contribution in [0.15, 0.2) is 54.6 Å². The zero-order valence-corrected chi connectivity index (χ0v) is 18.9. The molecule has 1 aliphatic rings. The molecule has 4 aromatic rings. The van der Waals surface area contributed by atoms with Gasteiger partial charge in [0.1, 0.15) is 23.0 Å². The van der Waals surface area contributed by atoms with Gasteiger partial charge in [-0.05, 0) is 42.5 Å². The lowest BCUT2D eigenvalue weighted by atomic mass is 10.1. The van der Waals surface area contributed by atoms with Crippen molar-refractivity contribution in [3.8, 4) is 11.4 Å². The van der Waals surface area contributed by atoms with Crippen LogP contribution in [0, 0.1) is 5.82 Å². The largest absolute Gasteiger partial charge is 0.417 e. The van der Waals surface area contributed by atoms with Gasteiger partial charge in [0.25, 0.3) is 5.91 Å². The highest BCUT2D eigenvalue weighted by molar-refractivity contribution is 6.11. The third-order valence-corrected chi connectivity index (χ3v) is 5.84. The summed E-state index contributed by atoms with van der Waals surface area (Å²) in [6, 6.07) is 12.2. The number of anilines is 1. The molecule has 1 fully saturated rings. The Balaban J connectivity index is 1.43. The van der Waals surface area contributed by atoms with Gasteiger partial charge in [-0.1, -0.05) is 12.1 Å². The molecule has 5 rings (SSSR count). The first-order valence-electron chi connectivity index (χ1n) is 11.2. The Hall–Kier alpha value is -3.83. The fourth-order valence-electron chi connectivity index (χ4n) is 4.11. The summed E-state index contributed by atoms with van der Waals surface area (Å²) in [6.07, 6.45) is -4.71. The fourth-order valence-corrected chi connectivity index (χ4v) is 4.11. The van der Waals surface area contributed by atoms with Crippen LogP contribution in [-0.4, -0.2) is 52.1 Å². The van der Waals surface area contributed by atoms with Crippen molar-refractivity contribution in [1.29, 1.82) is 0 Å². The lowest BCUT2D eigenvalue weighted by Crippen LogP contribution is -2.35. The Morgan fingerprint density at radius 1 is 1.06 bits per heavy atom. The van der Waals surface area contributed by atoms with E-state index in [1.165, 1.54) is 6.07 Å². The highest BCUT2D eigenvalue weighted by Gasteiger charge is 2.34. The van der Waals surface area contributed by atoms with Crippen LogP contribution in [0.1, 0.15) is 21.6 Å². The molecule has 7 nitrogen and oxygen atoms in total. The number of rotatable bonds is 5. The summed E-state index contributed by atoms with van der Waals surface area (Å²) in [7, 11) is 0. The van der Waals surface area contributed by atoms with E-state index in [4.69, 9.17) is 4.74 Å². The van der Waals surface area contributed by atoms with E-state index in [2.05, 4.69) is 25.2 Å². The van der Waals surface area contributed by atoms with Gasteiger partial charge in [0.15, 0.2) is 0 Å². The number of para-hydroxylation sites is 1. The van der Waals surface area contributed by atoms with E-state index in [0.29, 0.717) is 37.2 Å². The van der Waals surface area contributed by atoms with Crippen LogP contribution in [0.5, 0.6) is 0 Å². The highest BCUT2D eigenvalue weighted by atomic mass is 19.4. The molecule has 0 radical (unpaired) electrons. The van der Waals surface area contributed by atoms with E-state index in [9.17, 15) is 22.4 Å². The van der Waals surface area contributed by atoms with Gasteiger partial charge in [0.2, 0.25) is 0 Å². The smallest absolute Gasteiger partial charge is 0.379 e. The number of hydrogen-bond acceptors (Lipinski definition) is 5. The maximum Gasteiger partial charge on any atom is 0.417 e. The van der Waals surface area contributed by atoms with Crippen molar-refractivity contribution in [3.05, 3.63) is 77.2 Å². The Labute approximate surface area is 203 Å². The summed E-state index contributed by atoms with van der Waals surface area (Å²) in [6.45, 7) is 3.52. The summed E-state index contributed by atoms with van der Waals surface area (Å²) in [5.41, 5.74) is -0.0604. The Morgan fingerprint density at radius 3 is 2.61 bits per heavy atom. The maximum atomic E-state index is 13.8. The SMILES string of the molecule is O=C(Nc1cccc(CN2CCOCC2)n1)c1cccc2[nH]c(-c3cc(F)ccc3C(F)(F)F)nc12. The Bertz CT molecular complexity index is 1410. The number of aromatic nitrogens is 3. The fraction of sp³-hybridized carbons (Fsp3) is 0.240. The molecule has 1 aliphatic heterocycles. The van der Waals surface area contributed by atoms with Gasteiger partial charge in [-0.2, -0.15) is 13.2 Å². The second kappa shape index (κ2) is 9.67. The standard InChI is InChI=1S/C25H21F4N5O2/c26-15-7-8-19(25(27,28)29)18(13-15)23-31-20-5-2-4-17(22(20)33-23)24(35)32-21-6-1-3-16(30-21)14-34-9-11-36-12-10-34/h1-8,13H,9-12,14H2,(H,31,33)(H,30,32,35). The molecule has 0 aliphatic carbocycles. The van der Waals surface area contributed by atoms with E-state index in [1.54, 1.807) is 24.3 Å². The Kier molecular flexibility index (Phi) is 6.42. The molecule has 0 unspecified atom stereocenters. The molecule has 1 saturated heterocycles. The number of carbonyl (C=O) groups excluding carboxylic acids is 1. The van der Waals surface area contributed by atoms with Gasteiger partial charge in [-0.25, -0.2) is 14.4 Å². The number of morpholine rings is 1. The first-order chi connectivity index (χ1) is 17.3. The number of alkyl halides is 3. The van der Waals surface area contributed by atoms with Gasteiger partial charge < -0.3 is 15.0 Å². The van der Waals surface area contributed by atoms with E-state index in [1.807, 2.05) is 6.07 Å². The number of pyridine rings is 1. The van der Waals surface area contributed by atoms with E-state index >= 15 is 0 Å². The summed E-state index contributed by atoms with van der Waals surface area (Å²) in [4.78, 5) is 26.8. The summed E-state index contributed by atoms with van der Waals surface area (Å²) >= 11 is 0. The summed E-state index contributed by atoms with van der Waals surface area (Å²) in [5, 5.41) is 2.73. The summed E-state index contributed by atoms with van der Waals surface area (Å²) in [5.74, 6) is -1.21. The maximum absolute atomic E-state index is 13.8. The van der Waals surface area contributed by atoms with Crippen LogP contribution in [0.3, 0.4) is 0 Å². The molecule has 0 atom stereocenters. The first kappa shape index (κ1) is 23.9. The number of carbonyl (C=O) groups is 1. The third kappa shape index (κ3) is 5.07. The molecule has 2 N–H and O–H groups in total. The number of benzene rings is 2. The monoisotopic (exact) mass is 499 g/mol. The molecule has 3 heterocycles. The van der Waals surface area contributed by atoms with Crippen LogP contribution in [0.4, 0.5) is 23.4 Å². The van der Waals surface area contributed by atoms with Crippen molar-refractivity contribution < 1.29 is 27.1 Å². The van der Waals surface area contributed by atoms with E-state index in [-0.39, 0.29) is 16.9 Å². The number of H-pyrrole nitrogens is 1. The number of imidazole rings is 1. The lowest BCUT2D eigenvalue weighted by Gasteiger charge is -2.26. The number of amides is 1. The predicted molar refractivity (Wildman–Crippen MR) is 125 cm³/mol. The van der Waals surface area contributed by atoms with Crippen LogP contribution in [0.2, 0.25) is 0 Å². The third-order valence-electron chi connectivity index (χ3n) is 5.84. The Morgan fingerprint density at radius 2 is 1.83 bits per heavy atom. The molecule has 11 heteroatoms. The number of nitrogens with one attached hydrogen (secondary N) is 2. The number of halogens is 4. The molecule has 0 saturated carbocycles. The van der Waals surface area contributed by atoms with Crippen LogP contribution >= 0.6 is 0 Å². The molecule has 0 bridgehead atoms. The molecule has 36 heavy (non-hydrogen) atoms. The van der Waals surface area contributed by atoms with Gasteiger partial charge in [-0.15, -0.1) is 0 Å². The minimum Gasteiger partial charge on any atom is -0.379 e. The molecule has 2 aromatic carbocycles. The minimum absolute atomic E-state index is 0.139. The number of aromatic amines is 1. The van der Waals surface area contributed by atoms with Crippen molar-refractivity contribution in [1.82, 2.24) is 19.9 Å². The average Bonchev–Trinajstić information content (AvgIpc) is 3.28. The lowest BCUT2D eigenvalue weighted by molar-refractivity contribution is -0.137. The molecule has 0 spiro atoms. The van der Waals surface area contributed by atoms with Crippen molar-refractivity contribution in [2.75, 3.05) is 31.6 Å². The predicted octanol–water partition coefficient (Wildman–Crippen LogP) is 4.87. The van der Waals surface area contributed by atoms with Crippen molar-refractivity contribution in [3.63, 3.8) is 0 Å². The zero-order valence-electron chi connectivity index (χ0n) is 18.9. The molecule has 186 valence electrons. The first-order valence-corrected chi connectivity index (χ1v) is 11.2. The van der Waals surface area contributed by atoms with Gasteiger partial charge in [0.05, 0.1) is 35.6 Å². The molecular weight excluding hydrogens is 478 g/mol. The van der Waals surface area contributed by atoms with Crippen LogP contribution in [-0.2, 0) is 17.5 Å². The minimum atomic E-state index is -4.71.